The molecule has 1 atom stereocenters. The molecule has 3 nitrogen and oxygen atoms in total. The van der Waals surface area contributed by atoms with E-state index in [4.69, 9.17) is 0 Å². The number of likely N-dealkylation sites (N-methyl/N-ethyl adjacent to an activating group) is 1. The molecule has 3 heteroatoms. The summed E-state index contributed by atoms with van der Waals surface area (Å²) < 4.78 is 2.32. The third-order valence-corrected chi connectivity index (χ3v) is 4.78. The van der Waals surface area contributed by atoms with Crippen LogP contribution in [0.1, 0.15) is 31.5 Å². The molecule has 0 amide bonds. The number of fused-ring (bicyclic) bond motifs is 1. The first kappa shape index (κ1) is 16.1. The van der Waals surface area contributed by atoms with Gasteiger partial charge in [-0.1, -0.05) is 25.1 Å². The largest absolute Gasteiger partial charge is 0.346 e. The molecule has 1 heterocycles. The van der Waals surface area contributed by atoms with Crippen LogP contribution < -0.4 is 5.32 Å². The summed E-state index contributed by atoms with van der Waals surface area (Å²) in [5.74, 6) is 0. The summed E-state index contributed by atoms with van der Waals surface area (Å²) >= 11 is 0. The molecule has 0 fully saturated rings. The quantitative estimate of drug-likeness (QED) is 0.788. The zero-order valence-electron chi connectivity index (χ0n) is 14.1. The smallest absolute Gasteiger partial charge is 0.0483 e. The van der Waals surface area contributed by atoms with E-state index in [1.165, 1.54) is 28.6 Å². The van der Waals surface area contributed by atoms with Crippen molar-refractivity contribution >= 4 is 10.9 Å². The second-order valence-electron chi connectivity index (χ2n) is 6.06. The number of rotatable bonds is 7. The molecule has 1 aromatic heterocycles. The SMILES string of the molecule is CCC(C)N(C)CCNCc1c(C)c2ccccc2n1C. The van der Waals surface area contributed by atoms with Gasteiger partial charge in [-0.25, -0.2) is 0 Å². The zero-order chi connectivity index (χ0) is 15.4. The minimum absolute atomic E-state index is 0.658. The van der Waals surface area contributed by atoms with Gasteiger partial charge in [-0.2, -0.15) is 0 Å². The molecular formula is C18H29N3. The standard InChI is InChI=1S/C18H29N3/c1-6-14(2)20(4)12-11-19-13-18-15(3)16-9-7-8-10-17(16)21(18)5/h7-10,14,19H,6,11-13H2,1-5H3. The lowest BCUT2D eigenvalue weighted by Crippen LogP contribution is -2.35. The van der Waals surface area contributed by atoms with Crippen molar-refractivity contribution in [3.8, 4) is 0 Å². The van der Waals surface area contributed by atoms with Crippen molar-refractivity contribution in [1.29, 1.82) is 0 Å². The van der Waals surface area contributed by atoms with Gasteiger partial charge in [-0.05, 0) is 38.9 Å². The fraction of sp³-hybridized carbons (Fsp3) is 0.556. The van der Waals surface area contributed by atoms with E-state index in [9.17, 15) is 0 Å². The van der Waals surface area contributed by atoms with Crippen LogP contribution in [0, 0.1) is 6.92 Å². The summed E-state index contributed by atoms with van der Waals surface area (Å²) in [4.78, 5) is 2.42. The molecule has 1 N–H and O–H groups in total. The molecular weight excluding hydrogens is 258 g/mol. The van der Waals surface area contributed by atoms with Crippen molar-refractivity contribution in [2.45, 2.75) is 39.8 Å². The summed E-state index contributed by atoms with van der Waals surface area (Å²) in [5, 5.41) is 4.96. The van der Waals surface area contributed by atoms with Crippen LogP contribution in [0.3, 0.4) is 0 Å². The van der Waals surface area contributed by atoms with Gasteiger partial charge < -0.3 is 14.8 Å². The Hall–Kier alpha value is -1.32. The summed E-state index contributed by atoms with van der Waals surface area (Å²) in [6.07, 6.45) is 1.21. The van der Waals surface area contributed by atoms with Crippen molar-refractivity contribution in [3.63, 3.8) is 0 Å². The Bertz CT molecular complexity index is 546. The van der Waals surface area contributed by atoms with Gasteiger partial charge in [0.2, 0.25) is 0 Å². The van der Waals surface area contributed by atoms with Gasteiger partial charge in [0.15, 0.2) is 0 Å². The molecule has 0 aliphatic carbocycles. The summed E-state index contributed by atoms with van der Waals surface area (Å²) in [6.45, 7) is 9.82. The fourth-order valence-electron chi connectivity index (χ4n) is 2.88. The highest BCUT2D eigenvalue weighted by Crippen LogP contribution is 2.24. The van der Waals surface area contributed by atoms with E-state index < -0.39 is 0 Å². The van der Waals surface area contributed by atoms with Crippen LogP contribution in [0.4, 0.5) is 0 Å². The average Bonchev–Trinajstić information content (AvgIpc) is 2.75. The highest BCUT2D eigenvalue weighted by Gasteiger charge is 2.11. The van der Waals surface area contributed by atoms with Crippen LogP contribution in [0.5, 0.6) is 0 Å². The number of aromatic nitrogens is 1. The number of benzene rings is 1. The number of nitrogens with zero attached hydrogens (tertiary/aromatic N) is 2. The maximum atomic E-state index is 3.59. The molecule has 21 heavy (non-hydrogen) atoms. The van der Waals surface area contributed by atoms with Gasteiger partial charge in [-0.15, -0.1) is 0 Å². The Kier molecular flexibility index (Phi) is 5.43. The molecule has 2 rings (SSSR count). The molecule has 2 aromatic rings. The van der Waals surface area contributed by atoms with Gasteiger partial charge in [-0.3, -0.25) is 0 Å². The normalized spacial score (nSPS) is 13.2. The van der Waals surface area contributed by atoms with E-state index in [-0.39, 0.29) is 0 Å². The third kappa shape index (κ3) is 3.47. The first-order valence-electron chi connectivity index (χ1n) is 8.00. The van der Waals surface area contributed by atoms with Crippen molar-refractivity contribution in [2.24, 2.45) is 7.05 Å². The molecule has 1 aromatic carbocycles. The first-order chi connectivity index (χ1) is 10.1. The fourth-order valence-corrected chi connectivity index (χ4v) is 2.88. The molecule has 0 saturated carbocycles. The molecule has 0 aliphatic rings. The van der Waals surface area contributed by atoms with Crippen LogP contribution >= 0.6 is 0 Å². The maximum absolute atomic E-state index is 3.59. The average molecular weight is 287 g/mol. The summed E-state index contributed by atoms with van der Waals surface area (Å²) in [6, 6.07) is 9.30. The highest BCUT2D eigenvalue weighted by molar-refractivity contribution is 5.85. The van der Waals surface area contributed by atoms with E-state index >= 15 is 0 Å². The second-order valence-corrected chi connectivity index (χ2v) is 6.06. The Labute approximate surface area is 128 Å². The molecule has 116 valence electrons. The Morgan fingerprint density at radius 2 is 2.00 bits per heavy atom. The van der Waals surface area contributed by atoms with Crippen LogP contribution in [-0.2, 0) is 13.6 Å². The summed E-state index contributed by atoms with van der Waals surface area (Å²) in [7, 11) is 4.37. The monoisotopic (exact) mass is 287 g/mol. The molecule has 0 aliphatic heterocycles. The van der Waals surface area contributed by atoms with Crippen LogP contribution in [-0.4, -0.2) is 35.6 Å². The molecule has 1 unspecified atom stereocenters. The van der Waals surface area contributed by atoms with Crippen LogP contribution in [0.2, 0.25) is 0 Å². The van der Waals surface area contributed by atoms with Crippen LogP contribution in [0.15, 0.2) is 24.3 Å². The Morgan fingerprint density at radius 1 is 1.29 bits per heavy atom. The predicted molar refractivity (Wildman–Crippen MR) is 91.7 cm³/mol. The number of nitrogens with one attached hydrogen (secondary N) is 1. The van der Waals surface area contributed by atoms with Gasteiger partial charge in [0.05, 0.1) is 0 Å². The van der Waals surface area contributed by atoms with Crippen molar-refractivity contribution < 1.29 is 0 Å². The van der Waals surface area contributed by atoms with E-state index in [1.807, 2.05) is 0 Å². The molecule has 0 spiro atoms. The van der Waals surface area contributed by atoms with Gasteiger partial charge in [0.25, 0.3) is 0 Å². The number of aryl methyl sites for hydroxylation is 2. The Morgan fingerprint density at radius 3 is 2.67 bits per heavy atom. The minimum Gasteiger partial charge on any atom is -0.346 e. The number of para-hydroxylation sites is 1. The first-order valence-corrected chi connectivity index (χ1v) is 8.00. The van der Waals surface area contributed by atoms with Gasteiger partial charge in [0, 0.05) is 49.3 Å². The van der Waals surface area contributed by atoms with Gasteiger partial charge >= 0.3 is 0 Å². The topological polar surface area (TPSA) is 20.2 Å². The molecule has 0 saturated heterocycles. The number of hydrogen-bond acceptors (Lipinski definition) is 2. The molecule has 0 radical (unpaired) electrons. The second kappa shape index (κ2) is 7.10. The van der Waals surface area contributed by atoms with Gasteiger partial charge in [0.1, 0.15) is 0 Å². The lowest BCUT2D eigenvalue weighted by molar-refractivity contribution is 0.251. The van der Waals surface area contributed by atoms with E-state index in [2.05, 4.69) is 73.9 Å². The highest BCUT2D eigenvalue weighted by atomic mass is 15.1. The van der Waals surface area contributed by atoms with Crippen molar-refractivity contribution in [1.82, 2.24) is 14.8 Å². The summed E-state index contributed by atoms with van der Waals surface area (Å²) in [5.41, 5.74) is 4.11. The maximum Gasteiger partial charge on any atom is 0.0483 e. The van der Waals surface area contributed by atoms with Crippen molar-refractivity contribution in [3.05, 3.63) is 35.5 Å². The van der Waals surface area contributed by atoms with E-state index in [1.54, 1.807) is 0 Å². The Balaban J connectivity index is 1.95. The third-order valence-electron chi connectivity index (χ3n) is 4.78. The zero-order valence-corrected chi connectivity index (χ0v) is 14.1. The number of hydrogen-bond donors (Lipinski definition) is 1. The predicted octanol–water partition coefficient (Wildman–Crippen LogP) is 3.31. The van der Waals surface area contributed by atoms with Crippen molar-refractivity contribution in [2.75, 3.05) is 20.1 Å². The lowest BCUT2D eigenvalue weighted by atomic mass is 10.1. The van der Waals surface area contributed by atoms with E-state index in [0.717, 1.165) is 19.6 Å². The molecule has 0 bridgehead atoms. The van der Waals surface area contributed by atoms with E-state index in [0.29, 0.717) is 6.04 Å². The lowest BCUT2D eigenvalue weighted by Gasteiger charge is -2.23. The minimum atomic E-state index is 0.658. The van der Waals surface area contributed by atoms with Crippen LogP contribution in [0.25, 0.3) is 10.9 Å².